The Morgan fingerprint density at radius 1 is 1.04 bits per heavy atom. The average Bonchev–Trinajstić information content (AvgIpc) is 2.54. The molecule has 6 nitrogen and oxygen atoms in total. The molecule has 27 heavy (non-hydrogen) atoms. The van der Waals surface area contributed by atoms with Gasteiger partial charge in [-0.3, -0.25) is 4.79 Å². The molecule has 0 atom stereocenters. The third-order valence-corrected chi connectivity index (χ3v) is 4.25. The Labute approximate surface area is 245 Å². The summed E-state index contributed by atoms with van der Waals surface area (Å²) in [5.41, 5.74) is 1.05. The maximum atomic E-state index is 11.6. The third-order valence-electron chi connectivity index (χ3n) is 3.59. The molecule has 0 aliphatic carbocycles. The largest absolute Gasteiger partial charge is 1.00 e. The number of ether oxygens (including phenoxy) is 1. The predicted octanol–water partition coefficient (Wildman–Crippen LogP) is -4.21. The van der Waals surface area contributed by atoms with Crippen LogP contribution in [-0.4, -0.2) is 30.6 Å². The van der Waals surface area contributed by atoms with Crippen LogP contribution in [0.25, 0.3) is 0 Å². The molecule has 0 heterocycles. The second-order valence-corrected chi connectivity index (χ2v) is 7.29. The molecule has 9 heteroatoms. The van der Waals surface area contributed by atoms with Crippen LogP contribution in [0.1, 0.15) is 12.0 Å². The standard InChI is InChI=1S/C18H22NO5P.2K/c1-19(18(20)14-25(21,22)23)12-6-8-15-7-5-11-17(13-15)24-16-9-3-2-4-10-16;;/h2-5,7,9-11,13H,6,8,12,14H2,1H3,(H2,21,22,23);;/q;2*+1/p-2. The van der Waals surface area contributed by atoms with E-state index < -0.39 is 19.7 Å². The van der Waals surface area contributed by atoms with Crippen molar-refractivity contribution < 1.29 is 127 Å². The summed E-state index contributed by atoms with van der Waals surface area (Å²) >= 11 is 0. The summed E-state index contributed by atoms with van der Waals surface area (Å²) in [5, 5.41) is 0. The van der Waals surface area contributed by atoms with E-state index in [1.165, 1.54) is 11.9 Å². The van der Waals surface area contributed by atoms with Gasteiger partial charge in [-0.1, -0.05) is 37.9 Å². The molecule has 0 fully saturated rings. The number of hydrogen-bond donors (Lipinski definition) is 0. The number of benzene rings is 2. The van der Waals surface area contributed by atoms with Crippen LogP contribution >= 0.6 is 7.60 Å². The van der Waals surface area contributed by atoms with Gasteiger partial charge in [0.25, 0.3) is 0 Å². The molecule has 2 aromatic carbocycles. The van der Waals surface area contributed by atoms with E-state index in [-0.39, 0.29) is 103 Å². The van der Waals surface area contributed by atoms with Crippen molar-refractivity contribution in [3.63, 3.8) is 0 Å². The molecule has 2 aromatic rings. The number of para-hydroxylation sites is 1. The average molecular weight is 440 g/mol. The molecule has 0 radical (unpaired) electrons. The minimum Gasteiger partial charge on any atom is -0.810 e. The van der Waals surface area contributed by atoms with Gasteiger partial charge in [0.2, 0.25) is 5.91 Å². The molecular weight excluding hydrogens is 419 g/mol. The van der Waals surface area contributed by atoms with Crippen LogP contribution < -0.4 is 117 Å². The van der Waals surface area contributed by atoms with Crippen molar-refractivity contribution in [2.45, 2.75) is 12.8 Å². The first-order valence-electron chi connectivity index (χ1n) is 7.90. The van der Waals surface area contributed by atoms with E-state index in [4.69, 9.17) is 4.74 Å². The van der Waals surface area contributed by atoms with Crippen LogP contribution in [0.2, 0.25) is 0 Å². The first kappa shape index (κ1) is 28.1. The van der Waals surface area contributed by atoms with E-state index in [1.807, 2.05) is 54.6 Å². The van der Waals surface area contributed by atoms with Gasteiger partial charge < -0.3 is 24.0 Å². The fourth-order valence-corrected chi connectivity index (χ4v) is 2.89. The molecule has 0 N–H and O–H groups in total. The van der Waals surface area contributed by atoms with Gasteiger partial charge in [-0.2, -0.15) is 0 Å². The van der Waals surface area contributed by atoms with Crippen LogP contribution in [0.4, 0.5) is 0 Å². The zero-order chi connectivity index (χ0) is 18.3. The SMILES string of the molecule is CN(CCCc1cccc(Oc2ccccc2)c1)C(=O)CP(=O)([O-])[O-].[K+].[K+]. The summed E-state index contributed by atoms with van der Waals surface area (Å²) in [5.74, 6) is 0.811. The van der Waals surface area contributed by atoms with Crippen LogP contribution in [0.15, 0.2) is 54.6 Å². The van der Waals surface area contributed by atoms with Crippen molar-refractivity contribution in [1.29, 1.82) is 0 Å². The number of rotatable bonds is 8. The van der Waals surface area contributed by atoms with Crippen molar-refractivity contribution in [3.05, 3.63) is 60.2 Å². The summed E-state index contributed by atoms with van der Waals surface area (Å²) < 4.78 is 16.4. The van der Waals surface area contributed by atoms with E-state index in [0.717, 1.165) is 17.1 Å². The quantitative estimate of drug-likeness (QED) is 0.307. The topological polar surface area (TPSA) is 92.7 Å². The fourth-order valence-electron chi connectivity index (χ4n) is 2.32. The third kappa shape index (κ3) is 11.8. The first-order chi connectivity index (χ1) is 11.8. The van der Waals surface area contributed by atoms with Gasteiger partial charge in [-0.05, 0) is 42.7 Å². The maximum Gasteiger partial charge on any atom is 1.00 e. The monoisotopic (exact) mass is 439 g/mol. The van der Waals surface area contributed by atoms with E-state index in [1.54, 1.807) is 0 Å². The number of carbonyl (C=O) groups is 1. The molecule has 134 valence electrons. The molecule has 0 saturated carbocycles. The summed E-state index contributed by atoms with van der Waals surface area (Å²) in [6, 6.07) is 17.1. The smallest absolute Gasteiger partial charge is 0.810 e. The second-order valence-electron chi connectivity index (χ2n) is 5.75. The van der Waals surface area contributed by atoms with Crippen molar-refractivity contribution in [1.82, 2.24) is 4.90 Å². The van der Waals surface area contributed by atoms with Gasteiger partial charge >= 0.3 is 103 Å². The van der Waals surface area contributed by atoms with Crippen molar-refractivity contribution in [2.24, 2.45) is 0 Å². The molecule has 0 aliphatic heterocycles. The minimum absolute atomic E-state index is 0. The van der Waals surface area contributed by atoms with Crippen LogP contribution in [0, 0.1) is 0 Å². The number of aryl methyl sites for hydroxylation is 1. The Balaban J connectivity index is 0.00000338. The molecule has 0 unspecified atom stereocenters. The van der Waals surface area contributed by atoms with Crippen LogP contribution in [0.3, 0.4) is 0 Å². The normalized spacial score (nSPS) is 10.3. The number of nitrogens with zero attached hydrogens (tertiary/aromatic N) is 1. The van der Waals surface area contributed by atoms with E-state index in [9.17, 15) is 19.1 Å². The molecule has 0 aromatic heterocycles. The zero-order valence-corrected chi connectivity index (χ0v) is 23.1. The number of amides is 1. The minimum atomic E-state index is -4.81. The van der Waals surface area contributed by atoms with E-state index >= 15 is 0 Å². The number of carbonyl (C=O) groups excluding carboxylic acids is 1. The van der Waals surface area contributed by atoms with Crippen molar-refractivity contribution >= 4 is 13.5 Å². The Hall–Kier alpha value is 1.13. The Morgan fingerprint density at radius 2 is 1.67 bits per heavy atom. The summed E-state index contributed by atoms with van der Waals surface area (Å²) in [6.45, 7) is 0.378. The van der Waals surface area contributed by atoms with Crippen molar-refractivity contribution in [2.75, 3.05) is 19.8 Å². The van der Waals surface area contributed by atoms with E-state index in [2.05, 4.69) is 0 Å². The zero-order valence-electron chi connectivity index (χ0n) is 16.0. The van der Waals surface area contributed by atoms with Crippen LogP contribution in [0.5, 0.6) is 11.5 Å². The second kappa shape index (κ2) is 14.2. The maximum absolute atomic E-state index is 11.6. The Kier molecular flexibility index (Phi) is 14.8. The summed E-state index contributed by atoms with van der Waals surface area (Å²) in [4.78, 5) is 34.1. The van der Waals surface area contributed by atoms with Gasteiger partial charge in [-0.15, -0.1) is 0 Å². The van der Waals surface area contributed by atoms with Crippen LogP contribution in [-0.2, 0) is 15.8 Å². The molecular formula is C18H20K2NO5P. The molecule has 0 bridgehead atoms. The van der Waals surface area contributed by atoms with E-state index in [0.29, 0.717) is 19.4 Å². The van der Waals surface area contributed by atoms with Crippen molar-refractivity contribution in [3.8, 4) is 11.5 Å². The molecule has 0 saturated heterocycles. The number of hydrogen-bond acceptors (Lipinski definition) is 5. The molecule has 2 rings (SSSR count). The molecule has 0 spiro atoms. The van der Waals surface area contributed by atoms with Gasteiger partial charge in [0.1, 0.15) is 11.5 Å². The predicted molar refractivity (Wildman–Crippen MR) is 91.4 cm³/mol. The Bertz CT molecular complexity index is 754. The van der Waals surface area contributed by atoms with Gasteiger partial charge in [0, 0.05) is 13.6 Å². The Morgan fingerprint density at radius 3 is 2.30 bits per heavy atom. The summed E-state index contributed by atoms with van der Waals surface area (Å²) in [6.07, 6.45) is 0.388. The first-order valence-corrected chi connectivity index (χ1v) is 9.63. The fraction of sp³-hybridized carbons (Fsp3) is 0.278. The van der Waals surface area contributed by atoms with Gasteiger partial charge in [0.15, 0.2) is 0 Å². The van der Waals surface area contributed by atoms with Gasteiger partial charge in [-0.25, -0.2) is 0 Å². The van der Waals surface area contributed by atoms with Gasteiger partial charge in [0.05, 0.1) is 6.16 Å². The summed E-state index contributed by atoms with van der Waals surface area (Å²) in [7, 11) is -3.32. The molecule has 1 amide bonds. The molecule has 0 aliphatic rings.